The van der Waals surface area contributed by atoms with Crippen molar-refractivity contribution in [3.05, 3.63) is 30.1 Å². The minimum absolute atomic E-state index is 0.432. The van der Waals surface area contributed by atoms with Crippen LogP contribution in [0.3, 0.4) is 0 Å². The second-order valence-electron chi connectivity index (χ2n) is 5.64. The zero-order chi connectivity index (χ0) is 13.8. The van der Waals surface area contributed by atoms with E-state index in [2.05, 4.69) is 61.8 Å². The molecule has 0 aliphatic heterocycles. The SMILES string of the molecule is CCc1nc2ccccc2n1C(C)CNCC(C)C. The molecule has 1 aromatic carbocycles. The number of hydrogen-bond acceptors (Lipinski definition) is 2. The number of imidazole rings is 1. The van der Waals surface area contributed by atoms with Gasteiger partial charge in [-0.3, -0.25) is 0 Å². The van der Waals surface area contributed by atoms with E-state index in [1.807, 2.05) is 0 Å². The summed E-state index contributed by atoms with van der Waals surface area (Å²) >= 11 is 0. The van der Waals surface area contributed by atoms with Crippen molar-refractivity contribution in [1.29, 1.82) is 0 Å². The number of benzene rings is 1. The van der Waals surface area contributed by atoms with E-state index in [0.29, 0.717) is 12.0 Å². The van der Waals surface area contributed by atoms with Crippen LogP contribution in [0.4, 0.5) is 0 Å². The number of fused-ring (bicyclic) bond motifs is 1. The van der Waals surface area contributed by atoms with Gasteiger partial charge in [0.05, 0.1) is 11.0 Å². The van der Waals surface area contributed by atoms with Crippen molar-refractivity contribution < 1.29 is 0 Å². The van der Waals surface area contributed by atoms with Crippen LogP contribution in [0.1, 0.15) is 39.6 Å². The molecule has 0 saturated heterocycles. The van der Waals surface area contributed by atoms with E-state index in [1.54, 1.807) is 0 Å². The molecule has 0 fully saturated rings. The van der Waals surface area contributed by atoms with Crippen LogP contribution >= 0.6 is 0 Å². The first-order chi connectivity index (χ1) is 9.13. The van der Waals surface area contributed by atoms with Crippen LogP contribution in [0.2, 0.25) is 0 Å². The van der Waals surface area contributed by atoms with Crippen molar-refractivity contribution in [2.45, 2.75) is 40.2 Å². The first kappa shape index (κ1) is 14.1. The van der Waals surface area contributed by atoms with Crippen LogP contribution in [0.5, 0.6) is 0 Å². The summed E-state index contributed by atoms with van der Waals surface area (Å²) in [4.78, 5) is 4.73. The van der Waals surface area contributed by atoms with Gasteiger partial charge in [0.1, 0.15) is 5.82 Å². The summed E-state index contributed by atoms with van der Waals surface area (Å²) in [5.74, 6) is 1.87. The lowest BCUT2D eigenvalue weighted by atomic mass is 10.2. The Kier molecular flexibility index (Phi) is 4.59. The molecule has 1 N–H and O–H groups in total. The Morgan fingerprint density at radius 1 is 1.16 bits per heavy atom. The molecule has 19 heavy (non-hydrogen) atoms. The zero-order valence-electron chi connectivity index (χ0n) is 12.5. The maximum absolute atomic E-state index is 4.73. The quantitative estimate of drug-likeness (QED) is 0.861. The van der Waals surface area contributed by atoms with Crippen LogP contribution < -0.4 is 5.32 Å². The lowest BCUT2D eigenvalue weighted by Gasteiger charge is -2.18. The molecule has 0 radical (unpaired) electrons. The minimum Gasteiger partial charge on any atom is -0.324 e. The van der Waals surface area contributed by atoms with Gasteiger partial charge in [-0.2, -0.15) is 0 Å². The highest BCUT2D eigenvalue weighted by Gasteiger charge is 2.14. The third kappa shape index (κ3) is 3.16. The highest BCUT2D eigenvalue weighted by Crippen LogP contribution is 2.21. The highest BCUT2D eigenvalue weighted by molar-refractivity contribution is 5.76. The van der Waals surface area contributed by atoms with E-state index in [9.17, 15) is 0 Å². The molecule has 2 rings (SSSR count). The minimum atomic E-state index is 0.432. The second-order valence-corrected chi connectivity index (χ2v) is 5.64. The van der Waals surface area contributed by atoms with Crippen molar-refractivity contribution in [3.8, 4) is 0 Å². The van der Waals surface area contributed by atoms with Gasteiger partial charge in [0.15, 0.2) is 0 Å². The van der Waals surface area contributed by atoms with Crippen LogP contribution in [0.25, 0.3) is 11.0 Å². The van der Waals surface area contributed by atoms with Crippen LogP contribution in [-0.2, 0) is 6.42 Å². The molecule has 1 heterocycles. The molecule has 0 aliphatic rings. The van der Waals surface area contributed by atoms with Crippen LogP contribution in [0, 0.1) is 5.92 Å². The van der Waals surface area contributed by atoms with E-state index in [0.717, 1.165) is 25.0 Å². The van der Waals surface area contributed by atoms with Crippen molar-refractivity contribution in [2.24, 2.45) is 5.92 Å². The fourth-order valence-electron chi connectivity index (χ4n) is 2.51. The molecule has 0 amide bonds. The number of para-hydroxylation sites is 2. The molecule has 3 nitrogen and oxygen atoms in total. The van der Waals surface area contributed by atoms with Crippen LogP contribution in [0.15, 0.2) is 24.3 Å². The molecule has 1 atom stereocenters. The summed E-state index contributed by atoms with van der Waals surface area (Å²) < 4.78 is 2.38. The number of aromatic nitrogens is 2. The number of nitrogens with one attached hydrogen (secondary N) is 1. The van der Waals surface area contributed by atoms with Crippen molar-refractivity contribution in [2.75, 3.05) is 13.1 Å². The first-order valence-electron chi connectivity index (χ1n) is 7.30. The predicted molar refractivity (Wildman–Crippen MR) is 81.5 cm³/mol. The summed E-state index contributed by atoms with van der Waals surface area (Å²) in [5, 5.41) is 3.54. The maximum Gasteiger partial charge on any atom is 0.109 e. The predicted octanol–water partition coefficient (Wildman–Crippen LogP) is 3.41. The third-order valence-corrected chi connectivity index (χ3v) is 3.42. The number of hydrogen-bond donors (Lipinski definition) is 1. The van der Waals surface area contributed by atoms with Crippen molar-refractivity contribution >= 4 is 11.0 Å². The van der Waals surface area contributed by atoms with Crippen molar-refractivity contribution in [3.63, 3.8) is 0 Å². The summed E-state index contributed by atoms with van der Waals surface area (Å²) in [7, 11) is 0. The number of rotatable bonds is 6. The normalized spacial score (nSPS) is 13.3. The Balaban J connectivity index is 2.22. The lowest BCUT2D eigenvalue weighted by molar-refractivity contribution is 0.461. The summed E-state index contributed by atoms with van der Waals surface area (Å²) in [5.41, 5.74) is 2.35. The average Bonchev–Trinajstić information content (AvgIpc) is 2.76. The molecule has 0 bridgehead atoms. The summed E-state index contributed by atoms with van der Waals surface area (Å²) in [6.07, 6.45) is 0.975. The smallest absolute Gasteiger partial charge is 0.109 e. The monoisotopic (exact) mass is 259 g/mol. The number of aryl methyl sites for hydroxylation is 1. The molecule has 0 saturated carbocycles. The van der Waals surface area contributed by atoms with E-state index < -0.39 is 0 Å². The molecular formula is C16H25N3. The van der Waals surface area contributed by atoms with Gasteiger partial charge >= 0.3 is 0 Å². The fraction of sp³-hybridized carbons (Fsp3) is 0.562. The highest BCUT2D eigenvalue weighted by atomic mass is 15.1. The molecule has 0 spiro atoms. The third-order valence-electron chi connectivity index (χ3n) is 3.42. The van der Waals surface area contributed by atoms with E-state index in [4.69, 9.17) is 4.98 Å². The van der Waals surface area contributed by atoms with E-state index in [1.165, 1.54) is 11.3 Å². The van der Waals surface area contributed by atoms with E-state index >= 15 is 0 Å². The van der Waals surface area contributed by atoms with Crippen LogP contribution in [-0.4, -0.2) is 22.6 Å². The average molecular weight is 259 g/mol. The maximum atomic E-state index is 4.73. The Morgan fingerprint density at radius 3 is 2.58 bits per heavy atom. The van der Waals surface area contributed by atoms with Gasteiger partial charge in [-0.1, -0.05) is 32.9 Å². The Morgan fingerprint density at radius 2 is 1.89 bits per heavy atom. The largest absolute Gasteiger partial charge is 0.324 e. The summed E-state index contributed by atoms with van der Waals surface area (Å²) in [6, 6.07) is 8.84. The summed E-state index contributed by atoms with van der Waals surface area (Å²) in [6.45, 7) is 11.0. The lowest BCUT2D eigenvalue weighted by Crippen LogP contribution is -2.27. The molecule has 2 aromatic rings. The molecular weight excluding hydrogens is 234 g/mol. The fourth-order valence-corrected chi connectivity index (χ4v) is 2.51. The standard InChI is InChI=1S/C16H25N3/c1-5-16-18-14-8-6-7-9-15(14)19(16)13(4)11-17-10-12(2)3/h6-9,12-13,17H,5,10-11H2,1-4H3. The van der Waals surface area contributed by atoms with Gasteiger partial charge < -0.3 is 9.88 Å². The molecule has 1 unspecified atom stereocenters. The molecule has 1 aromatic heterocycles. The Labute approximate surface area is 116 Å². The van der Waals surface area contributed by atoms with Gasteiger partial charge in [-0.05, 0) is 31.5 Å². The molecule has 3 heteroatoms. The second kappa shape index (κ2) is 6.20. The zero-order valence-corrected chi connectivity index (χ0v) is 12.5. The van der Waals surface area contributed by atoms with Gasteiger partial charge in [0.25, 0.3) is 0 Å². The molecule has 0 aliphatic carbocycles. The topological polar surface area (TPSA) is 29.9 Å². The molecule has 104 valence electrons. The Hall–Kier alpha value is -1.35. The van der Waals surface area contributed by atoms with Gasteiger partial charge in [-0.15, -0.1) is 0 Å². The van der Waals surface area contributed by atoms with Crippen molar-refractivity contribution in [1.82, 2.24) is 14.9 Å². The van der Waals surface area contributed by atoms with Gasteiger partial charge in [0.2, 0.25) is 0 Å². The van der Waals surface area contributed by atoms with E-state index in [-0.39, 0.29) is 0 Å². The Bertz CT molecular complexity index is 528. The first-order valence-corrected chi connectivity index (χ1v) is 7.30. The van der Waals surface area contributed by atoms with Gasteiger partial charge in [-0.25, -0.2) is 4.98 Å². The number of nitrogens with zero attached hydrogens (tertiary/aromatic N) is 2. The van der Waals surface area contributed by atoms with Gasteiger partial charge in [0, 0.05) is 19.0 Å².